The minimum atomic E-state index is -0.0885. The van der Waals surface area contributed by atoms with E-state index in [0.717, 1.165) is 6.42 Å². The van der Waals surface area contributed by atoms with Crippen LogP contribution in [0.25, 0.3) is 0 Å². The Morgan fingerprint density at radius 3 is 1.91 bits per heavy atom. The fourth-order valence-electron chi connectivity index (χ4n) is 1.36. The Balaban J connectivity index is 4.20. The molecule has 0 aromatic heterocycles. The van der Waals surface area contributed by atoms with Crippen LogP contribution in [0.3, 0.4) is 0 Å². The van der Waals surface area contributed by atoms with Crippen LogP contribution in [0.2, 0.25) is 0 Å². The fourth-order valence-corrected chi connectivity index (χ4v) is 1.36. The molecule has 0 N–H and O–H groups in total. The van der Waals surface area contributed by atoms with E-state index in [1.165, 1.54) is 0 Å². The molecule has 0 amide bonds. The van der Waals surface area contributed by atoms with Gasteiger partial charge in [0, 0.05) is 14.2 Å². The zero-order chi connectivity index (χ0) is 8.91. The summed E-state index contributed by atoms with van der Waals surface area (Å²) in [7, 11) is 3.47. The Morgan fingerprint density at radius 2 is 1.82 bits per heavy atom. The predicted octanol–water partition coefficient (Wildman–Crippen LogP) is 2.08. The van der Waals surface area contributed by atoms with Crippen molar-refractivity contribution in [2.75, 3.05) is 20.8 Å². The third-order valence-corrected chi connectivity index (χ3v) is 2.45. The molecule has 0 heterocycles. The molecule has 0 radical (unpaired) electrons. The second-order valence-corrected chi connectivity index (χ2v) is 3.21. The molecule has 0 unspecified atom stereocenters. The van der Waals surface area contributed by atoms with Crippen molar-refractivity contribution in [3.8, 4) is 0 Å². The average Bonchev–Trinajstić information content (AvgIpc) is 2.00. The van der Waals surface area contributed by atoms with Crippen molar-refractivity contribution in [2.45, 2.75) is 32.8 Å². The van der Waals surface area contributed by atoms with Crippen molar-refractivity contribution in [1.82, 2.24) is 0 Å². The smallest absolute Gasteiger partial charge is 0.0930 e. The highest BCUT2D eigenvalue weighted by Gasteiger charge is 2.31. The predicted molar refractivity (Wildman–Crippen MR) is 46.7 cm³/mol. The van der Waals surface area contributed by atoms with Crippen LogP contribution in [0, 0.1) is 5.92 Å². The molecule has 0 aliphatic heterocycles. The molecule has 0 spiro atoms. The number of hydrogen-bond donors (Lipinski definition) is 0. The summed E-state index contributed by atoms with van der Waals surface area (Å²) in [5.74, 6) is 0.498. The monoisotopic (exact) mass is 160 g/mol. The largest absolute Gasteiger partial charge is 0.382 e. The summed E-state index contributed by atoms with van der Waals surface area (Å²) in [6, 6.07) is 0. The first-order chi connectivity index (χ1) is 5.13. The van der Waals surface area contributed by atoms with E-state index in [4.69, 9.17) is 9.47 Å². The van der Waals surface area contributed by atoms with E-state index in [1.807, 2.05) is 0 Å². The zero-order valence-corrected chi connectivity index (χ0v) is 8.31. The first kappa shape index (κ1) is 10.9. The van der Waals surface area contributed by atoms with Gasteiger partial charge in [0.1, 0.15) is 0 Å². The third kappa shape index (κ3) is 2.46. The Morgan fingerprint density at radius 1 is 1.27 bits per heavy atom. The van der Waals surface area contributed by atoms with Gasteiger partial charge in [0.2, 0.25) is 0 Å². The topological polar surface area (TPSA) is 18.5 Å². The molecule has 0 aromatic carbocycles. The van der Waals surface area contributed by atoms with Crippen LogP contribution in [0.1, 0.15) is 27.2 Å². The van der Waals surface area contributed by atoms with Crippen molar-refractivity contribution < 1.29 is 9.47 Å². The molecule has 0 aromatic rings. The highest BCUT2D eigenvalue weighted by atomic mass is 16.5. The third-order valence-electron chi connectivity index (χ3n) is 2.45. The maximum Gasteiger partial charge on any atom is 0.0930 e. The molecule has 11 heavy (non-hydrogen) atoms. The summed E-state index contributed by atoms with van der Waals surface area (Å²) < 4.78 is 10.6. The van der Waals surface area contributed by atoms with Gasteiger partial charge < -0.3 is 9.47 Å². The van der Waals surface area contributed by atoms with Crippen molar-refractivity contribution in [1.29, 1.82) is 0 Å². The summed E-state index contributed by atoms with van der Waals surface area (Å²) >= 11 is 0. The molecule has 0 saturated carbocycles. The van der Waals surface area contributed by atoms with Crippen molar-refractivity contribution in [3.63, 3.8) is 0 Å². The normalized spacial score (nSPS) is 16.9. The van der Waals surface area contributed by atoms with E-state index in [-0.39, 0.29) is 5.60 Å². The maximum atomic E-state index is 5.46. The molecular weight excluding hydrogens is 140 g/mol. The Kier molecular flexibility index (Phi) is 4.69. The molecule has 0 aliphatic rings. The van der Waals surface area contributed by atoms with Crippen molar-refractivity contribution in [3.05, 3.63) is 0 Å². The molecular formula is C9H20O2. The average molecular weight is 160 g/mol. The molecule has 0 aliphatic carbocycles. The van der Waals surface area contributed by atoms with Crippen LogP contribution in [0.5, 0.6) is 0 Å². The van der Waals surface area contributed by atoms with Crippen LogP contribution in [0.15, 0.2) is 0 Å². The van der Waals surface area contributed by atoms with Crippen LogP contribution >= 0.6 is 0 Å². The van der Waals surface area contributed by atoms with E-state index in [9.17, 15) is 0 Å². The summed E-state index contributed by atoms with van der Waals surface area (Å²) in [5.41, 5.74) is -0.0885. The second kappa shape index (κ2) is 4.73. The lowest BCUT2D eigenvalue weighted by Crippen LogP contribution is -2.41. The molecule has 0 rings (SSSR count). The fraction of sp³-hybridized carbons (Fsp3) is 1.00. The van der Waals surface area contributed by atoms with Crippen molar-refractivity contribution in [2.24, 2.45) is 5.92 Å². The summed E-state index contributed by atoms with van der Waals surface area (Å²) in [6.45, 7) is 7.12. The number of ether oxygens (including phenoxy) is 2. The van der Waals surface area contributed by atoms with Gasteiger partial charge in [0.05, 0.1) is 12.2 Å². The van der Waals surface area contributed by atoms with Crippen LogP contribution in [-0.4, -0.2) is 26.4 Å². The van der Waals surface area contributed by atoms with Crippen LogP contribution in [-0.2, 0) is 9.47 Å². The first-order valence-corrected chi connectivity index (χ1v) is 4.17. The summed E-state index contributed by atoms with van der Waals surface area (Å²) in [4.78, 5) is 0. The van der Waals surface area contributed by atoms with E-state index in [2.05, 4.69) is 20.8 Å². The van der Waals surface area contributed by atoms with E-state index < -0.39 is 0 Å². The van der Waals surface area contributed by atoms with Gasteiger partial charge >= 0.3 is 0 Å². The zero-order valence-electron chi connectivity index (χ0n) is 8.31. The maximum absolute atomic E-state index is 5.46. The minimum absolute atomic E-state index is 0.0885. The standard InChI is InChI=1S/C9H20O2/c1-6-9(11-5,7-10-4)8(2)3/h8H,6-7H2,1-5H3/t9-/m1/s1. The Labute approximate surface area is 69.9 Å². The number of hydrogen-bond acceptors (Lipinski definition) is 2. The lowest BCUT2D eigenvalue weighted by atomic mass is 9.88. The molecule has 0 fully saturated rings. The van der Waals surface area contributed by atoms with Gasteiger partial charge in [0.15, 0.2) is 0 Å². The number of rotatable bonds is 5. The van der Waals surface area contributed by atoms with Gasteiger partial charge in [-0.15, -0.1) is 0 Å². The van der Waals surface area contributed by atoms with Crippen LogP contribution < -0.4 is 0 Å². The molecule has 1 atom stereocenters. The highest BCUT2D eigenvalue weighted by molar-refractivity contribution is 4.81. The molecule has 0 saturated heterocycles. The number of methoxy groups -OCH3 is 2. The lowest BCUT2D eigenvalue weighted by Gasteiger charge is -2.34. The SMILES string of the molecule is CC[C@](COC)(OC)C(C)C. The van der Waals surface area contributed by atoms with Crippen LogP contribution in [0.4, 0.5) is 0 Å². The van der Waals surface area contributed by atoms with Gasteiger partial charge in [-0.25, -0.2) is 0 Å². The van der Waals surface area contributed by atoms with E-state index >= 15 is 0 Å². The molecule has 2 heteroatoms. The Hall–Kier alpha value is -0.0800. The van der Waals surface area contributed by atoms with Crippen molar-refractivity contribution >= 4 is 0 Å². The second-order valence-electron chi connectivity index (χ2n) is 3.21. The van der Waals surface area contributed by atoms with Gasteiger partial charge in [-0.2, -0.15) is 0 Å². The van der Waals surface area contributed by atoms with Gasteiger partial charge in [-0.05, 0) is 12.3 Å². The van der Waals surface area contributed by atoms with Gasteiger partial charge in [0.25, 0.3) is 0 Å². The lowest BCUT2D eigenvalue weighted by molar-refractivity contribution is -0.0964. The first-order valence-electron chi connectivity index (χ1n) is 4.17. The molecule has 0 bridgehead atoms. The highest BCUT2D eigenvalue weighted by Crippen LogP contribution is 2.24. The molecule has 2 nitrogen and oxygen atoms in total. The Bertz CT molecular complexity index is 95.7. The van der Waals surface area contributed by atoms with E-state index in [0.29, 0.717) is 12.5 Å². The molecule has 68 valence electrons. The van der Waals surface area contributed by atoms with E-state index in [1.54, 1.807) is 14.2 Å². The quantitative estimate of drug-likeness (QED) is 0.613. The summed E-state index contributed by atoms with van der Waals surface area (Å²) in [5, 5.41) is 0. The minimum Gasteiger partial charge on any atom is -0.382 e. The summed E-state index contributed by atoms with van der Waals surface area (Å²) in [6.07, 6.45) is 0.995. The van der Waals surface area contributed by atoms with Gasteiger partial charge in [-0.1, -0.05) is 20.8 Å². The van der Waals surface area contributed by atoms with Gasteiger partial charge in [-0.3, -0.25) is 0 Å².